The summed E-state index contributed by atoms with van der Waals surface area (Å²) >= 11 is 0. The Labute approximate surface area is 200 Å². The highest BCUT2D eigenvalue weighted by Gasteiger charge is 2.33. The van der Waals surface area contributed by atoms with Gasteiger partial charge in [0.25, 0.3) is 5.69 Å². The molecule has 0 spiro atoms. The van der Waals surface area contributed by atoms with Crippen molar-refractivity contribution in [1.29, 1.82) is 0 Å². The van der Waals surface area contributed by atoms with Crippen molar-refractivity contribution in [2.24, 2.45) is 0 Å². The van der Waals surface area contributed by atoms with Gasteiger partial charge in [-0.1, -0.05) is 6.58 Å². The summed E-state index contributed by atoms with van der Waals surface area (Å²) in [4.78, 5) is 26.3. The highest BCUT2D eigenvalue weighted by atomic mass is 19.4. The zero-order valence-corrected chi connectivity index (χ0v) is 19.6. The molecule has 11 heteroatoms. The van der Waals surface area contributed by atoms with Crippen molar-refractivity contribution >= 4 is 33.9 Å². The van der Waals surface area contributed by atoms with E-state index in [2.05, 4.69) is 26.8 Å². The predicted molar refractivity (Wildman–Crippen MR) is 128 cm³/mol. The summed E-state index contributed by atoms with van der Waals surface area (Å²) < 4.78 is 40.1. The fraction of sp³-hybridized carbons (Fsp3) is 0.375. The summed E-state index contributed by atoms with van der Waals surface area (Å²) in [6.07, 6.45) is -2.57. The molecular weight excluding hydrogens is 461 g/mol. The van der Waals surface area contributed by atoms with Gasteiger partial charge in [0.15, 0.2) is 5.65 Å². The number of hydrogen-bond acceptors (Lipinski definition) is 7. The number of fused-ring (bicyclic) bond motifs is 1. The van der Waals surface area contributed by atoms with E-state index >= 15 is 0 Å². The molecule has 0 saturated carbocycles. The van der Waals surface area contributed by atoms with Gasteiger partial charge in [0.05, 0.1) is 21.9 Å². The van der Waals surface area contributed by atoms with Crippen LogP contribution in [0, 0.1) is 17.0 Å². The molecule has 0 bridgehead atoms. The molecule has 1 aliphatic heterocycles. The first-order valence-corrected chi connectivity index (χ1v) is 11.2. The van der Waals surface area contributed by atoms with Crippen LogP contribution >= 0.6 is 0 Å². The monoisotopic (exact) mass is 486 g/mol. The number of aryl methyl sites for hydroxylation is 1. The molecule has 2 aromatic heterocycles. The number of nitrogens with one attached hydrogen (secondary N) is 1. The van der Waals surface area contributed by atoms with Gasteiger partial charge >= 0.3 is 6.18 Å². The molecule has 1 aliphatic rings. The molecule has 1 atom stereocenters. The Hall–Kier alpha value is -3.76. The summed E-state index contributed by atoms with van der Waals surface area (Å²) in [6, 6.07) is 3.74. The average Bonchev–Trinajstić information content (AvgIpc) is 3.32. The van der Waals surface area contributed by atoms with Crippen molar-refractivity contribution in [2.75, 3.05) is 23.3 Å². The maximum absolute atomic E-state index is 13.4. The third-order valence-corrected chi connectivity index (χ3v) is 5.98. The van der Waals surface area contributed by atoms with Crippen LogP contribution in [0.15, 0.2) is 30.8 Å². The van der Waals surface area contributed by atoms with Crippen LogP contribution in [0.25, 0.3) is 16.6 Å². The van der Waals surface area contributed by atoms with Crippen LogP contribution in [-0.4, -0.2) is 33.0 Å². The van der Waals surface area contributed by atoms with E-state index in [1.807, 2.05) is 13.0 Å². The van der Waals surface area contributed by atoms with Gasteiger partial charge in [-0.15, -0.1) is 0 Å². The topological polar surface area (TPSA) is 97.1 Å². The molecule has 3 heterocycles. The number of alkyl halides is 3. The van der Waals surface area contributed by atoms with E-state index in [0.717, 1.165) is 55.0 Å². The number of non-ortho nitro benzene ring substituents is 1. The second-order valence-electron chi connectivity index (χ2n) is 8.76. The Morgan fingerprint density at radius 1 is 1.17 bits per heavy atom. The van der Waals surface area contributed by atoms with E-state index in [0.29, 0.717) is 28.7 Å². The Morgan fingerprint density at radius 3 is 2.46 bits per heavy atom. The van der Waals surface area contributed by atoms with Crippen molar-refractivity contribution in [3.8, 4) is 0 Å². The Balaban J connectivity index is 1.79. The SMILES string of the molecule is C=C(C)c1cc2c(N[C@H](C)c3cc([N+](=O)[O-])cc(C(F)(F)F)c3)nc(C)nc2nc1N1CCCC1. The number of anilines is 2. The molecular formula is C24H25F3N6O2. The third-order valence-electron chi connectivity index (χ3n) is 5.98. The molecule has 35 heavy (non-hydrogen) atoms. The van der Waals surface area contributed by atoms with Gasteiger partial charge in [0, 0.05) is 30.8 Å². The maximum Gasteiger partial charge on any atom is 0.416 e. The third kappa shape index (κ3) is 5.03. The van der Waals surface area contributed by atoms with E-state index in [1.165, 1.54) is 0 Å². The zero-order valence-electron chi connectivity index (χ0n) is 19.6. The fourth-order valence-corrected chi connectivity index (χ4v) is 4.19. The standard InChI is InChI=1S/C24H25F3N6O2/c1-13(2)19-12-20-21(29-15(4)30-22(20)31-23(19)32-7-5-6-8-32)28-14(3)16-9-17(24(25,26)27)11-18(10-16)33(34)35/h9-12,14H,1,5-8H2,2-4H3,(H,28,29,30,31)/t14-/m1/s1. The number of aromatic nitrogens is 3. The van der Waals surface area contributed by atoms with E-state index in [9.17, 15) is 23.3 Å². The molecule has 8 nitrogen and oxygen atoms in total. The van der Waals surface area contributed by atoms with E-state index in [1.54, 1.807) is 13.8 Å². The van der Waals surface area contributed by atoms with Crippen LogP contribution in [0.3, 0.4) is 0 Å². The first-order valence-electron chi connectivity index (χ1n) is 11.2. The van der Waals surface area contributed by atoms with Crippen LogP contribution in [-0.2, 0) is 6.18 Å². The number of hydrogen-bond donors (Lipinski definition) is 1. The number of nitro benzene ring substituents is 1. The molecule has 0 aliphatic carbocycles. The van der Waals surface area contributed by atoms with Crippen LogP contribution in [0.5, 0.6) is 0 Å². The van der Waals surface area contributed by atoms with Gasteiger partial charge in [0.2, 0.25) is 0 Å². The van der Waals surface area contributed by atoms with Crippen molar-refractivity contribution in [3.63, 3.8) is 0 Å². The summed E-state index contributed by atoms with van der Waals surface area (Å²) in [5.41, 5.74) is 0.507. The second-order valence-corrected chi connectivity index (χ2v) is 8.76. The summed E-state index contributed by atoms with van der Waals surface area (Å²) in [7, 11) is 0. The molecule has 4 rings (SSSR count). The van der Waals surface area contributed by atoms with Crippen LogP contribution < -0.4 is 10.2 Å². The van der Waals surface area contributed by atoms with E-state index in [4.69, 9.17) is 4.98 Å². The number of benzene rings is 1. The molecule has 1 saturated heterocycles. The van der Waals surface area contributed by atoms with Crippen LogP contribution in [0.2, 0.25) is 0 Å². The lowest BCUT2D eigenvalue weighted by molar-refractivity contribution is -0.385. The van der Waals surface area contributed by atoms with Crippen LogP contribution in [0.4, 0.5) is 30.5 Å². The quantitative estimate of drug-likeness (QED) is 0.334. The van der Waals surface area contributed by atoms with Gasteiger partial charge < -0.3 is 10.2 Å². The highest BCUT2D eigenvalue weighted by molar-refractivity contribution is 5.92. The number of halogens is 3. The minimum absolute atomic E-state index is 0.109. The van der Waals surface area contributed by atoms with Gasteiger partial charge in [-0.3, -0.25) is 10.1 Å². The number of pyridine rings is 1. The summed E-state index contributed by atoms with van der Waals surface area (Å²) in [5.74, 6) is 1.61. The van der Waals surface area contributed by atoms with Gasteiger partial charge in [0.1, 0.15) is 17.5 Å². The molecule has 0 radical (unpaired) electrons. The molecule has 3 aromatic rings. The van der Waals surface area contributed by atoms with Crippen LogP contribution in [0.1, 0.15) is 55.2 Å². The normalized spacial score (nSPS) is 14.9. The fourth-order valence-electron chi connectivity index (χ4n) is 4.19. The highest BCUT2D eigenvalue weighted by Crippen LogP contribution is 2.36. The van der Waals surface area contributed by atoms with Gasteiger partial charge in [-0.25, -0.2) is 15.0 Å². The Bertz CT molecular complexity index is 1320. The molecule has 1 aromatic carbocycles. The first-order chi connectivity index (χ1) is 16.4. The molecule has 0 unspecified atom stereocenters. The molecule has 1 fully saturated rings. The molecule has 1 N–H and O–H groups in total. The van der Waals surface area contributed by atoms with Gasteiger partial charge in [-0.2, -0.15) is 13.2 Å². The number of nitro groups is 1. The predicted octanol–water partition coefficient (Wildman–Crippen LogP) is 6.07. The zero-order chi connectivity index (χ0) is 25.5. The first kappa shape index (κ1) is 24.4. The maximum atomic E-state index is 13.4. The summed E-state index contributed by atoms with van der Waals surface area (Å²) in [6.45, 7) is 11.1. The van der Waals surface area contributed by atoms with Gasteiger partial charge in [-0.05, 0) is 56.9 Å². The number of allylic oxidation sites excluding steroid dienone is 1. The average molecular weight is 486 g/mol. The molecule has 0 amide bonds. The van der Waals surface area contributed by atoms with Crippen molar-refractivity contribution < 1.29 is 18.1 Å². The van der Waals surface area contributed by atoms with E-state index < -0.39 is 28.4 Å². The Kier molecular flexibility index (Phi) is 6.35. The summed E-state index contributed by atoms with van der Waals surface area (Å²) in [5, 5.41) is 15.0. The second kappa shape index (κ2) is 9.12. The molecule has 184 valence electrons. The number of nitrogens with zero attached hydrogens (tertiary/aromatic N) is 5. The lowest BCUT2D eigenvalue weighted by Gasteiger charge is -2.22. The Morgan fingerprint density at radius 2 is 1.86 bits per heavy atom. The van der Waals surface area contributed by atoms with Crippen molar-refractivity contribution in [3.05, 3.63) is 63.5 Å². The number of rotatable bonds is 6. The van der Waals surface area contributed by atoms with Crippen molar-refractivity contribution in [2.45, 2.75) is 45.8 Å². The lowest BCUT2D eigenvalue weighted by Crippen LogP contribution is -2.21. The van der Waals surface area contributed by atoms with Crippen molar-refractivity contribution in [1.82, 2.24) is 15.0 Å². The minimum atomic E-state index is -4.72. The largest absolute Gasteiger partial charge is 0.416 e. The lowest BCUT2D eigenvalue weighted by atomic mass is 10.0. The van der Waals surface area contributed by atoms with E-state index in [-0.39, 0.29) is 5.56 Å². The smallest absolute Gasteiger partial charge is 0.363 e. The minimum Gasteiger partial charge on any atom is -0.363 e.